The number of hydrogen-bond donors (Lipinski definition) is 1. The van der Waals surface area contributed by atoms with Crippen molar-refractivity contribution < 1.29 is 4.79 Å². The summed E-state index contributed by atoms with van der Waals surface area (Å²) in [4.78, 5) is 17.3. The number of fused-ring (bicyclic) bond motifs is 2. The standard InChI is InChI=1S/C21H31N3O.2ClH/c1-16-3-2-4-17(11-16)15-23-7-9-24(10-8-23)21(25)14-18-12-19-5-6-20(13-18)22-19;;/h2-4,11,18-20,22H,5-10,12-15H2,1H3;2*1H. The molecule has 2 atom stereocenters. The van der Waals surface area contributed by atoms with Gasteiger partial charge in [-0.25, -0.2) is 0 Å². The fourth-order valence-corrected chi connectivity index (χ4v) is 4.94. The maximum Gasteiger partial charge on any atom is 0.222 e. The minimum atomic E-state index is 0. The van der Waals surface area contributed by atoms with E-state index in [9.17, 15) is 4.79 Å². The summed E-state index contributed by atoms with van der Waals surface area (Å²) in [6.45, 7) is 6.92. The zero-order valence-electron chi connectivity index (χ0n) is 16.2. The predicted octanol–water partition coefficient (Wildman–Crippen LogP) is 3.40. The van der Waals surface area contributed by atoms with Gasteiger partial charge in [0.05, 0.1) is 0 Å². The van der Waals surface area contributed by atoms with Crippen molar-refractivity contribution in [3.8, 4) is 0 Å². The molecular weight excluding hydrogens is 381 g/mol. The molecule has 0 radical (unpaired) electrons. The monoisotopic (exact) mass is 413 g/mol. The molecule has 1 N–H and O–H groups in total. The molecule has 4 rings (SSSR count). The van der Waals surface area contributed by atoms with E-state index < -0.39 is 0 Å². The second kappa shape index (κ2) is 10.1. The zero-order chi connectivity index (χ0) is 17.2. The van der Waals surface area contributed by atoms with Crippen LogP contribution in [0.3, 0.4) is 0 Å². The first kappa shape index (κ1) is 22.5. The highest BCUT2D eigenvalue weighted by Crippen LogP contribution is 2.33. The van der Waals surface area contributed by atoms with E-state index >= 15 is 0 Å². The van der Waals surface area contributed by atoms with Crippen LogP contribution in [-0.4, -0.2) is 54.0 Å². The van der Waals surface area contributed by atoms with Gasteiger partial charge in [0, 0.05) is 51.2 Å². The molecule has 0 aromatic heterocycles. The Balaban J connectivity index is 0.00000131. The summed E-state index contributed by atoms with van der Waals surface area (Å²) in [5.74, 6) is 0.998. The van der Waals surface area contributed by atoms with E-state index in [-0.39, 0.29) is 24.8 Å². The van der Waals surface area contributed by atoms with Gasteiger partial charge in [-0.15, -0.1) is 24.8 Å². The Hall–Kier alpha value is -0.810. The molecule has 3 aliphatic rings. The molecule has 1 aromatic rings. The fourth-order valence-electron chi connectivity index (χ4n) is 4.94. The number of hydrogen-bond acceptors (Lipinski definition) is 3. The number of nitrogens with one attached hydrogen (secondary N) is 1. The second-order valence-electron chi connectivity index (χ2n) is 8.33. The molecule has 3 saturated heterocycles. The molecule has 3 aliphatic heterocycles. The third-order valence-electron chi connectivity index (χ3n) is 6.25. The van der Waals surface area contributed by atoms with Gasteiger partial charge in [0.1, 0.15) is 0 Å². The van der Waals surface area contributed by atoms with Crippen LogP contribution in [0.25, 0.3) is 0 Å². The average Bonchev–Trinajstić information content (AvgIpc) is 2.94. The molecular formula is C21H33Cl2N3O. The number of piperazine rings is 1. The molecule has 2 unspecified atom stereocenters. The van der Waals surface area contributed by atoms with Crippen LogP contribution in [-0.2, 0) is 11.3 Å². The maximum absolute atomic E-state index is 12.7. The van der Waals surface area contributed by atoms with E-state index in [1.807, 2.05) is 0 Å². The summed E-state index contributed by atoms with van der Waals surface area (Å²) >= 11 is 0. The first-order valence-electron chi connectivity index (χ1n) is 9.97. The summed E-state index contributed by atoms with van der Waals surface area (Å²) in [5, 5.41) is 3.67. The van der Waals surface area contributed by atoms with E-state index in [1.54, 1.807) is 0 Å². The van der Waals surface area contributed by atoms with Crippen LogP contribution >= 0.6 is 24.8 Å². The first-order valence-corrected chi connectivity index (χ1v) is 9.97. The molecule has 2 bridgehead atoms. The van der Waals surface area contributed by atoms with E-state index in [1.165, 1.54) is 36.8 Å². The number of nitrogens with zero attached hydrogens (tertiary/aromatic N) is 2. The van der Waals surface area contributed by atoms with Gasteiger partial charge in [-0.1, -0.05) is 29.8 Å². The molecule has 1 aromatic carbocycles. The van der Waals surface area contributed by atoms with Crippen molar-refractivity contribution in [3.63, 3.8) is 0 Å². The second-order valence-corrected chi connectivity index (χ2v) is 8.33. The summed E-state index contributed by atoms with van der Waals surface area (Å²) in [6.07, 6.45) is 5.80. The van der Waals surface area contributed by atoms with Gasteiger partial charge in [-0.05, 0) is 44.1 Å². The minimum absolute atomic E-state index is 0. The van der Waals surface area contributed by atoms with Crippen LogP contribution in [0.5, 0.6) is 0 Å². The number of piperidine rings is 1. The largest absolute Gasteiger partial charge is 0.340 e. The van der Waals surface area contributed by atoms with Crippen LogP contribution in [0.1, 0.15) is 43.2 Å². The fraction of sp³-hybridized carbons (Fsp3) is 0.667. The molecule has 0 saturated carbocycles. The van der Waals surface area contributed by atoms with Gasteiger partial charge in [-0.2, -0.15) is 0 Å². The van der Waals surface area contributed by atoms with E-state index in [0.29, 0.717) is 23.9 Å². The number of rotatable bonds is 4. The molecule has 0 spiro atoms. The Bertz CT molecular complexity index is 607. The summed E-state index contributed by atoms with van der Waals surface area (Å²) in [5.41, 5.74) is 2.70. The zero-order valence-corrected chi connectivity index (χ0v) is 17.9. The molecule has 1 amide bonds. The smallest absolute Gasteiger partial charge is 0.222 e. The van der Waals surface area contributed by atoms with Gasteiger partial charge >= 0.3 is 0 Å². The van der Waals surface area contributed by atoms with Crippen LogP contribution < -0.4 is 5.32 Å². The Morgan fingerprint density at radius 2 is 1.74 bits per heavy atom. The normalized spacial score (nSPS) is 27.6. The van der Waals surface area contributed by atoms with Crippen LogP contribution in [0.2, 0.25) is 0 Å². The van der Waals surface area contributed by atoms with Crippen LogP contribution in [0.4, 0.5) is 0 Å². The predicted molar refractivity (Wildman–Crippen MR) is 115 cm³/mol. The Morgan fingerprint density at radius 3 is 2.37 bits per heavy atom. The molecule has 152 valence electrons. The van der Waals surface area contributed by atoms with Crippen molar-refractivity contribution >= 4 is 30.7 Å². The summed E-state index contributed by atoms with van der Waals surface area (Å²) in [6, 6.07) is 10.1. The van der Waals surface area contributed by atoms with Crippen molar-refractivity contribution in [2.45, 2.75) is 57.7 Å². The topological polar surface area (TPSA) is 35.6 Å². The Kier molecular flexibility index (Phi) is 8.41. The van der Waals surface area contributed by atoms with E-state index in [0.717, 1.165) is 39.1 Å². The lowest BCUT2D eigenvalue weighted by molar-refractivity contribution is -0.134. The summed E-state index contributed by atoms with van der Waals surface area (Å²) < 4.78 is 0. The van der Waals surface area contributed by atoms with Crippen LogP contribution in [0.15, 0.2) is 24.3 Å². The number of benzene rings is 1. The number of halogens is 2. The highest BCUT2D eigenvalue weighted by molar-refractivity contribution is 5.85. The lowest BCUT2D eigenvalue weighted by atomic mass is 9.89. The number of carbonyl (C=O) groups excluding carboxylic acids is 1. The highest BCUT2D eigenvalue weighted by Gasteiger charge is 2.35. The quantitative estimate of drug-likeness (QED) is 0.821. The van der Waals surface area contributed by atoms with Crippen molar-refractivity contribution in [1.82, 2.24) is 15.1 Å². The van der Waals surface area contributed by atoms with E-state index in [4.69, 9.17) is 0 Å². The van der Waals surface area contributed by atoms with Gasteiger partial charge in [0.15, 0.2) is 0 Å². The van der Waals surface area contributed by atoms with Crippen molar-refractivity contribution in [2.24, 2.45) is 5.92 Å². The first-order chi connectivity index (χ1) is 12.2. The molecule has 6 heteroatoms. The molecule has 27 heavy (non-hydrogen) atoms. The van der Waals surface area contributed by atoms with Gasteiger partial charge in [0.25, 0.3) is 0 Å². The molecule has 3 heterocycles. The lowest BCUT2D eigenvalue weighted by Gasteiger charge is -2.36. The minimum Gasteiger partial charge on any atom is -0.340 e. The SMILES string of the molecule is Cc1cccc(CN2CCN(C(=O)CC3CC4CCC(C3)N4)CC2)c1.Cl.Cl. The number of carbonyl (C=O) groups is 1. The highest BCUT2D eigenvalue weighted by atomic mass is 35.5. The van der Waals surface area contributed by atoms with Gasteiger partial charge in [-0.3, -0.25) is 9.69 Å². The molecule has 3 fully saturated rings. The summed E-state index contributed by atoms with van der Waals surface area (Å²) in [7, 11) is 0. The van der Waals surface area contributed by atoms with Gasteiger partial charge in [0.2, 0.25) is 5.91 Å². The van der Waals surface area contributed by atoms with Crippen LogP contribution in [0, 0.1) is 12.8 Å². The Labute approximate surface area is 175 Å². The Morgan fingerprint density at radius 1 is 1.07 bits per heavy atom. The lowest BCUT2D eigenvalue weighted by Crippen LogP contribution is -2.49. The van der Waals surface area contributed by atoms with Crippen molar-refractivity contribution in [3.05, 3.63) is 35.4 Å². The number of aryl methyl sites for hydroxylation is 1. The van der Waals surface area contributed by atoms with E-state index in [2.05, 4.69) is 46.3 Å². The third-order valence-corrected chi connectivity index (χ3v) is 6.25. The molecule has 4 nitrogen and oxygen atoms in total. The third kappa shape index (κ3) is 5.83. The average molecular weight is 414 g/mol. The number of amides is 1. The molecule has 0 aliphatic carbocycles. The van der Waals surface area contributed by atoms with Crippen molar-refractivity contribution in [1.29, 1.82) is 0 Å². The van der Waals surface area contributed by atoms with Gasteiger partial charge < -0.3 is 10.2 Å². The van der Waals surface area contributed by atoms with Crippen molar-refractivity contribution in [2.75, 3.05) is 26.2 Å². The maximum atomic E-state index is 12.7.